The number of fused-ring (bicyclic) bond motifs is 1. The van der Waals surface area contributed by atoms with Gasteiger partial charge in [-0.05, 0) is 30.9 Å². The highest BCUT2D eigenvalue weighted by Gasteiger charge is 2.55. The largest absolute Gasteiger partial charge is 0.339 e. The summed E-state index contributed by atoms with van der Waals surface area (Å²) in [5.41, 5.74) is 0.582. The van der Waals surface area contributed by atoms with E-state index in [1.165, 1.54) is 6.20 Å². The standard InChI is InChI=1S/C19H21N5O2/c1-12(2)16-22-18(26-23-16)19-7-3-4-14(19)10-24(11-19)17(25)15-6-5-13(8-20)9-21-15/h5-6,9,12,14H,3-4,7,10-11H2,1-2H3/t14-,19-/m1/s1. The molecule has 2 fully saturated rings. The van der Waals surface area contributed by atoms with Crippen LogP contribution in [0.1, 0.15) is 66.8 Å². The predicted octanol–water partition coefficient (Wildman–Crippen LogP) is 2.65. The Balaban J connectivity index is 1.59. The van der Waals surface area contributed by atoms with Crippen LogP contribution in [0.5, 0.6) is 0 Å². The third kappa shape index (κ3) is 2.57. The van der Waals surface area contributed by atoms with Gasteiger partial charge in [0.15, 0.2) is 5.82 Å². The Morgan fingerprint density at radius 2 is 2.31 bits per heavy atom. The smallest absolute Gasteiger partial charge is 0.272 e. The number of carbonyl (C=O) groups excluding carboxylic acids is 1. The van der Waals surface area contributed by atoms with Crippen molar-refractivity contribution in [3.8, 4) is 6.07 Å². The minimum Gasteiger partial charge on any atom is -0.339 e. The third-order valence-corrected chi connectivity index (χ3v) is 5.65. The van der Waals surface area contributed by atoms with Crippen LogP contribution in [0.3, 0.4) is 0 Å². The molecular weight excluding hydrogens is 330 g/mol. The van der Waals surface area contributed by atoms with Gasteiger partial charge in [-0.15, -0.1) is 0 Å². The summed E-state index contributed by atoms with van der Waals surface area (Å²) in [5, 5.41) is 13.0. The van der Waals surface area contributed by atoms with Gasteiger partial charge in [-0.25, -0.2) is 4.98 Å². The number of nitrogens with zero attached hydrogens (tertiary/aromatic N) is 5. The first-order valence-corrected chi connectivity index (χ1v) is 9.03. The fraction of sp³-hybridized carbons (Fsp3) is 0.526. The van der Waals surface area contributed by atoms with Gasteiger partial charge in [-0.1, -0.05) is 25.4 Å². The van der Waals surface area contributed by atoms with Crippen molar-refractivity contribution < 1.29 is 9.32 Å². The van der Waals surface area contributed by atoms with Gasteiger partial charge < -0.3 is 9.42 Å². The Morgan fingerprint density at radius 3 is 2.96 bits per heavy atom. The first kappa shape index (κ1) is 16.7. The van der Waals surface area contributed by atoms with Crippen molar-refractivity contribution in [3.63, 3.8) is 0 Å². The number of pyridine rings is 1. The number of likely N-dealkylation sites (tertiary alicyclic amines) is 1. The molecule has 4 rings (SSSR count). The molecule has 3 heterocycles. The molecule has 1 amide bonds. The average molecular weight is 351 g/mol. The monoisotopic (exact) mass is 351 g/mol. The topological polar surface area (TPSA) is 95.9 Å². The second kappa shape index (κ2) is 6.20. The summed E-state index contributed by atoms with van der Waals surface area (Å²) in [5.74, 6) is 1.84. The minimum atomic E-state index is -0.234. The van der Waals surface area contributed by atoms with E-state index in [1.54, 1.807) is 12.1 Å². The normalized spacial score (nSPS) is 24.7. The SMILES string of the molecule is CC(C)c1noc([C@@]23CCC[C@@H]2CN(C(=O)c2ccc(C#N)cn2)C3)n1. The lowest BCUT2D eigenvalue weighted by Crippen LogP contribution is -2.35. The fourth-order valence-electron chi connectivity index (χ4n) is 4.21. The van der Waals surface area contributed by atoms with Gasteiger partial charge in [0.1, 0.15) is 11.8 Å². The minimum absolute atomic E-state index is 0.105. The number of aromatic nitrogens is 3. The van der Waals surface area contributed by atoms with Crippen molar-refractivity contribution in [2.45, 2.75) is 44.4 Å². The number of rotatable bonds is 3. The highest BCUT2D eigenvalue weighted by Crippen LogP contribution is 2.50. The van der Waals surface area contributed by atoms with E-state index in [9.17, 15) is 4.79 Å². The summed E-state index contributed by atoms with van der Waals surface area (Å²) in [6.07, 6.45) is 4.57. The van der Waals surface area contributed by atoms with Crippen molar-refractivity contribution in [1.82, 2.24) is 20.0 Å². The molecule has 1 saturated carbocycles. The molecule has 7 heteroatoms. The number of carbonyl (C=O) groups is 1. The Hall–Kier alpha value is -2.75. The van der Waals surface area contributed by atoms with E-state index in [4.69, 9.17) is 9.78 Å². The molecule has 0 bridgehead atoms. The van der Waals surface area contributed by atoms with Crippen LogP contribution < -0.4 is 0 Å². The quantitative estimate of drug-likeness (QED) is 0.843. The highest BCUT2D eigenvalue weighted by atomic mass is 16.5. The highest BCUT2D eigenvalue weighted by molar-refractivity contribution is 5.92. The van der Waals surface area contributed by atoms with Gasteiger partial charge >= 0.3 is 0 Å². The van der Waals surface area contributed by atoms with E-state index >= 15 is 0 Å². The molecule has 2 aliphatic rings. The van der Waals surface area contributed by atoms with E-state index in [-0.39, 0.29) is 17.2 Å². The van der Waals surface area contributed by atoms with Gasteiger partial charge in [0.25, 0.3) is 5.91 Å². The van der Waals surface area contributed by atoms with Crippen LogP contribution in [-0.4, -0.2) is 39.0 Å². The van der Waals surface area contributed by atoms with E-state index in [1.807, 2.05) is 24.8 Å². The molecule has 0 unspecified atom stereocenters. The maximum atomic E-state index is 12.9. The first-order valence-electron chi connectivity index (χ1n) is 9.03. The van der Waals surface area contributed by atoms with E-state index in [0.29, 0.717) is 36.2 Å². The Morgan fingerprint density at radius 1 is 1.46 bits per heavy atom. The molecule has 2 atom stereocenters. The molecule has 7 nitrogen and oxygen atoms in total. The summed E-state index contributed by atoms with van der Waals surface area (Å²) in [7, 11) is 0. The summed E-state index contributed by atoms with van der Waals surface area (Å²) >= 11 is 0. The molecule has 1 aliphatic heterocycles. The van der Waals surface area contributed by atoms with Crippen molar-refractivity contribution in [1.29, 1.82) is 5.26 Å². The number of amides is 1. The lowest BCUT2D eigenvalue weighted by molar-refractivity contribution is 0.0769. The van der Waals surface area contributed by atoms with Crippen LogP contribution in [0.2, 0.25) is 0 Å². The van der Waals surface area contributed by atoms with Crippen molar-refractivity contribution in [2.75, 3.05) is 13.1 Å². The Bertz CT molecular complexity index is 867. The fourth-order valence-corrected chi connectivity index (χ4v) is 4.21. The van der Waals surface area contributed by atoms with Crippen LogP contribution in [-0.2, 0) is 5.41 Å². The number of nitriles is 1. The molecule has 2 aromatic rings. The predicted molar refractivity (Wildman–Crippen MR) is 92.3 cm³/mol. The lowest BCUT2D eigenvalue weighted by atomic mass is 9.80. The summed E-state index contributed by atoms with van der Waals surface area (Å²) < 4.78 is 5.63. The molecule has 134 valence electrons. The maximum absolute atomic E-state index is 12.9. The van der Waals surface area contributed by atoms with Crippen LogP contribution in [0, 0.1) is 17.2 Å². The summed E-state index contributed by atoms with van der Waals surface area (Å²) in [6, 6.07) is 5.26. The zero-order valence-corrected chi connectivity index (χ0v) is 15.0. The molecular formula is C19H21N5O2. The van der Waals surface area contributed by atoms with Crippen LogP contribution in [0.25, 0.3) is 0 Å². The van der Waals surface area contributed by atoms with Crippen molar-refractivity contribution in [2.24, 2.45) is 5.92 Å². The average Bonchev–Trinajstić information content (AvgIpc) is 3.34. The van der Waals surface area contributed by atoms with E-state index < -0.39 is 0 Å². The molecule has 0 spiro atoms. The first-order chi connectivity index (χ1) is 12.5. The third-order valence-electron chi connectivity index (χ3n) is 5.65. The summed E-state index contributed by atoms with van der Waals surface area (Å²) in [4.78, 5) is 23.5. The van der Waals surface area contributed by atoms with Gasteiger partial charge in [-0.2, -0.15) is 10.2 Å². The number of hydrogen-bond donors (Lipinski definition) is 0. The van der Waals surface area contributed by atoms with Gasteiger partial charge in [0, 0.05) is 25.2 Å². The second-order valence-electron chi connectivity index (χ2n) is 7.59. The van der Waals surface area contributed by atoms with E-state index in [2.05, 4.69) is 15.1 Å². The molecule has 0 N–H and O–H groups in total. The molecule has 0 aromatic carbocycles. The van der Waals surface area contributed by atoms with Crippen LogP contribution in [0.15, 0.2) is 22.9 Å². The Kier molecular flexibility index (Phi) is 3.98. The second-order valence-corrected chi connectivity index (χ2v) is 7.59. The zero-order chi connectivity index (χ0) is 18.3. The van der Waals surface area contributed by atoms with Gasteiger partial charge in [-0.3, -0.25) is 4.79 Å². The lowest BCUT2D eigenvalue weighted by Gasteiger charge is -2.24. The summed E-state index contributed by atoms with van der Waals surface area (Å²) in [6.45, 7) is 5.34. The van der Waals surface area contributed by atoms with Gasteiger partial charge in [0.05, 0.1) is 11.0 Å². The Labute approximate surface area is 152 Å². The van der Waals surface area contributed by atoms with Crippen molar-refractivity contribution >= 4 is 5.91 Å². The molecule has 1 aliphatic carbocycles. The van der Waals surface area contributed by atoms with Crippen LogP contribution >= 0.6 is 0 Å². The molecule has 0 radical (unpaired) electrons. The van der Waals surface area contributed by atoms with Crippen LogP contribution in [0.4, 0.5) is 0 Å². The van der Waals surface area contributed by atoms with Crippen molar-refractivity contribution in [3.05, 3.63) is 41.3 Å². The maximum Gasteiger partial charge on any atom is 0.272 e. The molecule has 2 aromatic heterocycles. The van der Waals surface area contributed by atoms with E-state index in [0.717, 1.165) is 25.1 Å². The van der Waals surface area contributed by atoms with Gasteiger partial charge in [0.2, 0.25) is 5.89 Å². The number of hydrogen-bond acceptors (Lipinski definition) is 6. The molecule has 26 heavy (non-hydrogen) atoms. The zero-order valence-electron chi connectivity index (χ0n) is 15.0. The molecule has 1 saturated heterocycles.